The minimum absolute atomic E-state index is 0.340. The van der Waals surface area contributed by atoms with E-state index in [2.05, 4.69) is 29.9 Å². The highest BCUT2D eigenvalue weighted by atomic mass is 16.1. The SMILES string of the molecule is CC(C)c1ccccc1-c1ccccc1C(N=C=O)N=C=O. The molecule has 0 saturated carbocycles. The topological polar surface area (TPSA) is 58.9 Å². The molecule has 0 aliphatic heterocycles. The average molecular weight is 292 g/mol. The van der Waals surface area contributed by atoms with Gasteiger partial charge in [-0.25, -0.2) is 9.59 Å². The lowest BCUT2D eigenvalue weighted by molar-refractivity contribution is 0.552. The Labute approximate surface area is 129 Å². The Balaban J connectivity index is 2.68. The van der Waals surface area contributed by atoms with Gasteiger partial charge in [0.2, 0.25) is 12.2 Å². The van der Waals surface area contributed by atoms with Crippen molar-refractivity contribution in [1.29, 1.82) is 0 Å². The molecule has 0 atom stereocenters. The highest BCUT2D eigenvalue weighted by Crippen LogP contribution is 2.35. The van der Waals surface area contributed by atoms with E-state index >= 15 is 0 Å². The fourth-order valence-corrected chi connectivity index (χ4v) is 2.48. The summed E-state index contributed by atoms with van der Waals surface area (Å²) in [4.78, 5) is 28.4. The summed E-state index contributed by atoms with van der Waals surface area (Å²) in [5.41, 5.74) is 3.80. The molecule has 2 aromatic carbocycles. The third-order valence-electron chi connectivity index (χ3n) is 3.46. The van der Waals surface area contributed by atoms with E-state index in [9.17, 15) is 9.59 Å². The van der Waals surface area contributed by atoms with E-state index < -0.39 is 6.17 Å². The second-order valence-corrected chi connectivity index (χ2v) is 5.14. The molecule has 2 aromatic rings. The maximum atomic E-state index is 10.6. The summed E-state index contributed by atoms with van der Waals surface area (Å²) < 4.78 is 0. The van der Waals surface area contributed by atoms with Crippen LogP contribution in [0.15, 0.2) is 58.5 Å². The summed E-state index contributed by atoms with van der Waals surface area (Å²) in [5.74, 6) is 0.340. The zero-order valence-corrected chi connectivity index (χ0v) is 12.5. The molecule has 0 unspecified atom stereocenters. The van der Waals surface area contributed by atoms with E-state index in [1.165, 1.54) is 17.7 Å². The molecule has 0 amide bonds. The molecule has 0 N–H and O–H groups in total. The van der Waals surface area contributed by atoms with Crippen LogP contribution < -0.4 is 0 Å². The zero-order chi connectivity index (χ0) is 15.9. The van der Waals surface area contributed by atoms with Gasteiger partial charge in [-0.1, -0.05) is 62.4 Å². The van der Waals surface area contributed by atoms with Crippen molar-refractivity contribution in [2.75, 3.05) is 0 Å². The van der Waals surface area contributed by atoms with Gasteiger partial charge >= 0.3 is 0 Å². The summed E-state index contributed by atoms with van der Waals surface area (Å²) in [7, 11) is 0. The van der Waals surface area contributed by atoms with Gasteiger partial charge in [-0.2, -0.15) is 9.98 Å². The molecule has 0 aromatic heterocycles. The maximum Gasteiger partial charge on any atom is 0.237 e. The first-order valence-electron chi connectivity index (χ1n) is 7.01. The Morgan fingerprint density at radius 3 is 1.73 bits per heavy atom. The number of isocyanates is 2. The lowest BCUT2D eigenvalue weighted by Gasteiger charge is -2.17. The van der Waals surface area contributed by atoms with E-state index in [0.29, 0.717) is 11.5 Å². The van der Waals surface area contributed by atoms with Gasteiger partial charge in [-0.05, 0) is 22.6 Å². The molecule has 0 fully saturated rings. The third-order valence-corrected chi connectivity index (χ3v) is 3.46. The molecule has 22 heavy (non-hydrogen) atoms. The molecule has 0 aliphatic carbocycles. The smallest absolute Gasteiger partial charge is 0.211 e. The summed E-state index contributed by atoms with van der Waals surface area (Å²) in [6.07, 6.45) is 2.03. The van der Waals surface area contributed by atoms with Crippen molar-refractivity contribution in [2.45, 2.75) is 25.9 Å². The van der Waals surface area contributed by atoms with E-state index in [4.69, 9.17) is 0 Å². The van der Waals surface area contributed by atoms with Crippen molar-refractivity contribution in [3.8, 4) is 11.1 Å². The van der Waals surface area contributed by atoms with Crippen LogP contribution in [0.2, 0.25) is 0 Å². The predicted octanol–water partition coefficient (Wildman–Crippen LogP) is 4.15. The van der Waals surface area contributed by atoms with Gasteiger partial charge in [0.05, 0.1) is 0 Å². The van der Waals surface area contributed by atoms with Crippen LogP contribution in [0.3, 0.4) is 0 Å². The van der Waals surface area contributed by atoms with Gasteiger partial charge in [0.15, 0.2) is 6.17 Å². The number of nitrogens with zero attached hydrogens (tertiary/aromatic N) is 2. The second-order valence-electron chi connectivity index (χ2n) is 5.14. The van der Waals surface area contributed by atoms with E-state index in [-0.39, 0.29) is 0 Å². The van der Waals surface area contributed by atoms with Gasteiger partial charge < -0.3 is 0 Å². The number of aliphatic imine (C=N–C) groups is 2. The molecule has 0 heterocycles. The summed E-state index contributed by atoms with van der Waals surface area (Å²) >= 11 is 0. The minimum Gasteiger partial charge on any atom is -0.211 e. The molecule has 0 bridgehead atoms. The van der Waals surface area contributed by atoms with Crippen LogP contribution >= 0.6 is 0 Å². The van der Waals surface area contributed by atoms with Crippen molar-refractivity contribution < 1.29 is 9.59 Å². The van der Waals surface area contributed by atoms with Gasteiger partial charge in [0, 0.05) is 5.56 Å². The minimum atomic E-state index is -0.911. The van der Waals surface area contributed by atoms with E-state index in [0.717, 1.165) is 11.1 Å². The molecule has 2 rings (SSSR count). The predicted molar refractivity (Wildman–Crippen MR) is 85.0 cm³/mol. The Morgan fingerprint density at radius 1 is 0.773 bits per heavy atom. The number of hydrogen-bond acceptors (Lipinski definition) is 4. The van der Waals surface area contributed by atoms with Crippen molar-refractivity contribution in [1.82, 2.24) is 0 Å². The van der Waals surface area contributed by atoms with E-state index in [1.54, 1.807) is 6.07 Å². The fraction of sp³-hybridized carbons (Fsp3) is 0.222. The van der Waals surface area contributed by atoms with Crippen molar-refractivity contribution in [3.63, 3.8) is 0 Å². The average Bonchev–Trinajstić information content (AvgIpc) is 2.54. The van der Waals surface area contributed by atoms with Crippen LogP contribution in [-0.2, 0) is 9.59 Å². The van der Waals surface area contributed by atoms with Crippen LogP contribution in [-0.4, -0.2) is 12.2 Å². The van der Waals surface area contributed by atoms with Crippen LogP contribution in [0.5, 0.6) is 0 Å². The molecular formula is C18H16N2O2. The fourth-order valence-electron chi connectivity index (χ4n) is 2.48. The number of hydrogen-bond donors (Lipinski definition) is 0. The lowest BCUT2D eigenvalue weighted by Crippen LogP contribution is -1.98. The quantitative estimate of drug-likeness (QED) is 0.614. The molecule has 0 spiro atoms. The Morgan fingerprint density at radius 2 is 1.23 bits per heavy atom. The van der Waals surface area contributed by atoms with Gasteiger partial charge in [-0.15, -0.1) is 0 Å². The van der Waals surface area contributed by atoms with Crippen LogP contribution in [0.25, 0.3) is 11.1 Å². The van der Waals surface area contributed by atoms with Gasteiger partial charge in [0.1, 0.15) is 0 Å². The number of carbonyl (C=O) groups excluding carboxylic acids is 2. The molecule has 110 valence electrons. The molecule has 0 saturated heterocycles. The highest BCUT2D eigenvalue weighted by molar-refractivity contribution is 5.72. The third kappa shape index (κ3) is 3.26. The maximum absolute atomic E-state index is 10.6. The normalized spacial score (nSPS) is 11.4. The summed E-state index contributed by atoms with van der Waals surface area (Å²) in [6.45, 7) is 4.23. The summed E-state index contributed by atoms with van der Waals surface area (Å²) in [6, 6.07) is 15.5. The first-order chi connectivity index (χ1) is 10.7. The Kier molecular flexibility index (Phi) is 5.16. The molecule has 4 nitrogen and oxygen atoms in total. The molecule has 0 aliphatic rings. The lowest BCUT2D eigenvalue weighted by atomic mass is 9.89. The largest absolute Gasteiger partial charge is 0.237 e. The first kappa shape index (κ1) is 15.6. The molecule has 0 radical (unpaired) electrons. The number of benzene rings is 2. The standard InChI is InChI=1S/C18H16N2O2/c1-13(2)14-7-3-4-8-15(14)16-9-5-6-10-17(16)18(19-11-21)20-12-22/h3-10,13,18H,1-2H3. The monoisotopic (exact) mass is 292 g/mol. The van der Waals surface area contributed by atoms with E-state index in [1.807, 2.05) is 36.4 Å². The van der Waals surface area contributed by atoms with Gasteiger partial charge in [0.25, 0.3) is 0 Å². The molecule has 4 heteroatoms. The van der Waals surface area contributed by atoms with Crippen molar-refractivity contribution >= 4 is 12.2 Å². The molecular weight excluding hydrogens is 276 g/mol. The second kappa shape index (κ2) is 7.28. The van der Waals surface area contributed by atoms with Crippen LogP contribution in [0.1, 0.15) is 37.1 Å². The summed E-state index contributed by atoms with van der Waals surface area (Å²) in [5, 5.41) is 0. The first-order valence-corrected chi connectivity index (χ1v) is 7.01. The number of rotatable bonds is 5. The zero-order valence-electron chi connectivity index (χ0n) is 12.5. The Hall–Kier alpha value is -2.80. The van der Waals surface area contributed by atoms with Crippen LogP contribution in [0.4, 0.5) is 0 Å². The van der Waals surface area contributed by atoms with Crippen LogP contribution in [0, 0.1) is 0 Å². The van der Waals surface area contributed by atoms with Crippen molar-refractivity contribution in [2.24, 2.45) is 9.98 Å². The van der Waals surface area contributed by atoms with Crippen molar-refractivity contribution in [3.05, 3.63) is 59.7 Å². The Bertz CT molecular complexity index is 737. The van der Waals surface area contributed by atoms with Gasteiger partial charge in [-0.3, -0.25) is 0 Å². The highest BCUT2D eigenvalue weighted by Gasteiger charge is 2.17.